The van der Waals surface area contributed by atoms with Crippen molar-refractivity contribution in [2.45, 2.75) is 19.9 Å². The van der Waals surface area contributed by atoms with Crippen LogP contribution in [0, 0.1) is 6.92 Å². The van der Waals surface area contributed by atoms with Gasteiger partial charge in [0.1, 0.15) is 5.75 Å². The topological polar surface area (TPSA) is 61.4 Å². The molecule has 0 aliphatic heterocycles. The molecule has 0 aliphatic carbocycles. The molecular weight excluding hydrogens is 410 g/mol. The van der Waals surface area contributed by atoms with Crippen LogP contribution in [0.5, 0.6) is 5.75 Å². The Kier molecular flexibility index (Phi) is 5.30. The fourth-order valence-corrected chi connectivity index (χ4v) is 3.51. The maximum Gasteiger partial charge on any atom is 0.422 e. The molecule has 7 heteroatoms. The van der Waals surface area contributed by atoms with Gasteiger partial charge in [0.15, 0.2) is 0 Å². The van der Waals surface area contributed by atoms with E-state index in [1.54, 1.807) is 30.3 Å². The summed E-state index contributed by atoms with van der Waals surface area (Å²) in [5.74, 6) is 0.0338. The van der Waals surface area contributed by atoms with Crippen molar-refractivity contribution in [2.75, 3.05) is 6.61 Å². The van der Waals surface area contributed by atoms with Gasteiger partial charge in [-0.1, -0.05) is 11.6 Å². The summed E-state index contributed by atoms with van der Waals surface area (Å²) in [6.45, 7) is 2.66. The smallest absolute Gasteiger partial charge is 0.422 e. The van der Waals surface area contributed by atoms with Crippen LogP contribution in [0.2, 0.25) is 5.02 Å². The van der Waals surface area contributed by atoms with Gasteiger partial charge in [0.2, 0.25) is 0 Å². The highest BCUT2D eigenvalue weighted by Crippen LogP contribution is 2.23. The van der Waals surface area contributed by atoms with E-state index in [4.69, 9.17) is 20.8 Å². The van der Waals surface area contributed by atoms with Crippen molar-refractivity contribution in [3.63, 3.8) is 0 Å². The number of halogens is 2. The van der Waals surface area contributed by atoms with Crippen LogP contribution >= 0.6 is 27.5 Å². The first-order valence-corrected chi connectivity index (χ1v) is 8.85. The molecule has 3 rings (SSSR count). The predicted octanol–water partition coefficient (Wildman–Crippen LogP) is 4.15. The van der Waals surface area contributed by atoms with Crippen LogP contribution in [0.25, 0.3) is 10.9 Å². The van der Waals surface area contributed by atoms with Gasteiger partial charge in [-0.3, -0.25) is 4.57 Å². The van der Waals surface area contributed by atoms with Crippen molar-refractivity contribution in [1.29, 1.82) is 0 Å². The summed E-state index contributed by atoms with van der Waals surface area (Å²) < 4.78 is 12.6. The molecule has 0 aliphatic rings. The summed E-state index contributed by atoms with van der Waals surface area (Å²) in [4.78, 5) is 24.1. The minimum Gasteiger partial charge on any atom is -0.494 e. The van der Waals surface area contributed by atoms with Gasteiger partial charge in [-0.25, -0.2) is 9.59 Å². The van der Waals surface area contributed by atoms with E-state index in [0.717, 1.165) is 5.56 Å². The van der Waals surface area contributed by atoms with Gasteiger partial charge >= 0.3 is 11.4 Å². The second kappa shape index (κ2) is 7.45. The molecule has 1 heterocycles. The highest BCUT2D eigenvalue weighted by molar-refractivity contribution is 9.10. The first-order valence-electron chi connectivity index (χ1n) is 7.68. The third kappa shape index (κ3) is 3.96. The molecule has 130 valence electrons. The van der Waals surface area contributed by atoms with Gasteiger partial charge in [-0.2, -0.15) is 0 Å². The Balaban J connectivity index is 1.80. The molecule has 3 aromatic rings. The number of hydrogen-bond acceptors (Lipinski definition) is 4. The quantitative estimate of drug-likeness (QED) is 0.577. The van der Waals surface area contributed by atoms with Gasteiger partial charge < -0.3 is 9.15 Å². The summed E-state index contributed by atoms with van der Waals surface area (Å²) in [7, 11) is 0. The second-order valence-corrected chi connectivity index (χ2v) is 6.90. The normalized spacial score (nSPS) is 11.0. The first-order chi connectivity index (χ1) is 12.0. The lowest BCUT2D eigenvalue weighted by molar-refractivity contribution is 0.296. The Morgan fingerprint density at radius 1 is 1.20 bits per heavy atom. The molecule has 0 radical (unpaired) electrons. The lowest BCUT2D eigenvalue weighted by Gasteiger charge is -2.11. The van der Waals surface area contributed by atoms with Crippen LogP contribution in [0.3, 0.4) is 0 Å². The lowest BCUT2D eigenvalue weighted by atomic mass is 10.2. The SMILES string of the molecule is Cc1cc(Br)c2c(c1)c(=O)oc(=O)n2CCCOc1ccc(Cl)cc1. The second-order valence-electron chi connectivity index (χ2n) is 5.61. The van der Waals surface area contributed by atoms with Crippen molar-refractivity contribution >= 4 is 38.4 Å². The largest absolute Gasteiger partial charge is 0.494 e. The summed E-state index contributed by atoms with van der Waals surface area (Å²) in [6, 6.07) is 10.6. The summed E-state index contributed by atoms with van der Waals surface area (Å²) in [5.41, 5.74) is 0.819. The van der Waals surface area contributed by atoms with Crippen LogP contribution in [0.15, 0.2) is 54.9 Å². The zero-order valence-corrected chi connectivity index (χ0v) is 15.8. The molecular formula is C18H15BrClNO4. The third-order valence-corrected chi connectivity index (χ3v) is 4.56. The maximum atomic E-state index is 12.1. The van der Waals surface area contributed by atoms with E-state index in [2.05, 4.69) is 15.9 Å². The number of ether oxygens (including phenoxy) is 1. The first kappa shape index (κ1) is 17.8. The molecule has 1 aromatic heterocycles. The molecule has 0 unspecified atom stereocenters. The van der Waals surface area contributed by atoms with Gasteiger partial charge in [0.25, 0.3) is 0 Å². The van der Waals surface area contributed by atoms with Crippen molar-refractivity contribution in [3.8, 4) is 5.75 Å². The average molecular weight is 425 g/mol. The minimum absolute atomic E-state index is 0.369. The zero-order chi connectivity index (χ0) is 18.0. The van der Waals surface area contributed by atoms with Crippen LogP contribution in [0.4, 0.5) is 0 Å². The fourth-order valence-electron chi connectivity index (χ4n) is 2.59. The van der Waals surface area contributed by atoms with E-state index in [1.807, 2.05) is 13.0 Å². The summed E-state index contributed by atoms with van der Waals surface area (Å²) >= 11 is 9.27. The van der Waals surface area contributed by atoms with Crippen molar-refractivity contribution in [2.24, 2.45) is 0 Å². The molecule has 2 aromatic carbocycles. The van der Waals surface area contributed by atoms with Gasteiger partial charge in [-0.15, -0.1) is 0 Å². The van der Waals surface area contributed by atoms with Crippen LogP contribution in [0.1, 0.15) is 12.0 Å². The van der Waals surface area contributed by atoms with Crippen LogP contribution in [-0.4, -0.2) is 11.2 Å². The van der Waals surface area contributed by atoms with E-state index in [0.29, 0.717) is 45.7 Å². The Morgan fingerprint density at radius 2 is 1.92 bits per heavy atom. The standard InChI is InChI=1S/C18H15BrClNO4/c1-11-9-14-16(15(19)10-11)21(18(23)25-17(14)22)7-2-8-24-13-5-3-12(20)4-6-13/h3-6,9-10H,2,7-8H2,1H3. The van der Waals surface area contributed by atoms with E-state index < -0.39 is 11.4 Å². The molecule has 0 bridgehead atoms. The number of aryl methyl sites for hydroxylation is 2. The Labute approximate surface area is 156 Å². The Hall–Kier alpha value is -2.05. The number of hydrogen-bond donors (Lipinski definition) is 0. The van der Waals surface area contributed by atoms with E-state index >= 15 is 0 Å². The molecule has 0 saturated carbocycles. The monoisotopic (exact) mass is 423 g/mol. The van der Waals surface area contributed by atoms with E-state index in [-0.39, 0.29) is 0 Å². The van der Waals surface area contributed by atoms with Crippen LogP contribution < -0.4 is 16.1 Å². The highest BCUT2D eigenvalue weighted by Gasteiger charge is 2.13. The van der Waals surface area contributed by atoms with Gasteiger partial charge in [-0.05, 0) is 71.2 Å². The average Bonchev–Trinajstić information content (AvgIpc) is 2.56. The minimum atomic E-state index is -0.673. The number of nitrogens with zero attached hydrogens (tertiary/aromatic N) is 1. The molecule has 0 amide bonds. The van der Waals surface area contributed by atoms with Gasteiger partial charge in [0, 0.05) is 16.0 Å². The molecule has 0 spiro atoms. The number of benzene rings is 2. The molecule has 0 saturated heterocycles. The summed E-state index contributed by atoms with van der Waals surface area (Å²) in [6.07, 6.45) is 0.575. The molecule has 0 N–H and O–H groups in total. The Bertz CT molecular complexity index is 1020. The van der Waals surface area contributed by atoms with E-state index in [9.17, 15) is 9.59 Å². The van der Waals surface area contributed by atoms with Gasteiger partial charge in [0.05, 0.1) is 17.5 Å². The van der Waals surface area contributed by atoms with Crippen molar-refractivity contribution < 1.29 is 9.15 Å². The molecule has 0 fully saturated rings. The van der Waals surface area contributed by atoms with Crippen LogP contribution in [-0.2, 0) is 6.54 Å². The predicted molar refractivity (Wildman–Crippen MR) is 101 cm³/mol. The number of fused-ring (bicyclic) bond motifs is 1. The third-order valence-electron chi connectivity index (χ3n) is 3.71. The highest BCUT2D eigenvalue weighted by atomic mass is 79.9. The zero-order valence-electron chi connectivity index (χ0n) is 13.4. The molecule has 25 heavy (non-hydrogen) atoms. The lowest BCUT2D eigenvalue weighted by Crippen LogP contribution is -2.26. The number of rotatable bonds is 5. The summed E-state index contributed by atoms with van der Waals surface area (Å²) in [5, 5.41) is 1.02. The number of aromatic nitrogens is 1. The van der Waals surface area contributed by atoms with Crippen molar-refractivity contribution in [3.05, 3.63) is 72.4 Å². The Morgan fingerprint density at radius 3 is 2.64 bits per heavy atom. The fraction of sp³-hybridized carbons (Fsp3) is 0.222. The maximum absolute atomic E-state index is 12.1. The van der Waals surface area contributed by atoms with Crippen molar-refractivity contribution in [1.82, 2.24) is 4.57 Å². The van der Waals surface area contributed by atoms with E-state index in [1.165, 1.54) is 4.57 Å². The molecule has 0 atom stereocenters. The molecule has 5 nitrogen and oxygen atoms in total.